The number of hydrogen-bond acceptors (Lipinski definition) is 3. The maximum atomic E-state index is 11.8. The van der Waals surface area contributed by atoms with Gasteiger partial charge in [0.25, 0.3) is 0 Å². The van der Waals surface area contributed by atoms with Gasteiger partial charge in [0.05, 0.1) is 6.10 Å². The zero-order valence-corrected chi connectivity index (χ0v) is 10.8. The van der Waals surface area contributed by atoms with Gasteiger partial charge in [-0.25, -0.2) is 0 Å². The smallest absolute Gasteiger partial charge is 0.323 e. The van der Waals surface area contributed by atoms with Crippen LogP contribution >= 0.6 is 0 Å². The minimum absolute atomic E-state index is 0.0435. The van der Waals surface area contributed by atoms with Crippen LogP contribution in [0.5, 0.6) is 0 Å². The molecule has 0 spiro atoms. The fraction of sp³-hybridized carbons (Fsp3) is 0.917. The second-order valence-electron chi connectivity index (χ2n) is 4.67. The third-order valence-electron chi connectivity index (χ3n) is 2.33. The molecule has 3 heteroatoms. The molecule has 0 saturated carbocycles. The van der Waals surface area contributed by atoms with Crippen LogP contribution in [-0.4, -0.2) is 24.2 Å². The van der Waals surface area contributed by atoms with E-state index in [9.17, 15) is 4.79 Å². The van der Waals surface area contributed by atoms with Gasteiger partial charge < -0.3 is 10.1 Å². The van der Waals surface area contributed by atoms with Crippen molar-refractivity contribution in [2.75, 3.05) is 0 Å². The van der Waals surface area contributed by atoms with Crippen molar-refractivity contribution in [3.8, 4) is 0 Å². The number of ether oxygens (including phenoxy) is 1. The first-order chi connectivity index (χ1) is 6.88. The monoisotopic (exact) mass is 215 g/mol. The molecule has 0 aromatic heterocycles. The summed E-state index contributed by atoms with van der Waals surface area (Å²) >= 11 is 0. The summed E-state index contributed by atoms with van der Waals surface area (Å²) < 4.78 is 5.23. The van der Waals surface area contributed by atoms with Gasteiger partial charge in [-0.3, -0.25) is 4.79 Å². The molecule has 0 heterocycles. The Kier molecular flexibility index (Phi) is 6.57. The lowest BCUT2D eigenvalue weighted by Gasteiger charge is -2.25. The Bertz CT molecular complexity index is 190. The van der Waals surface area contributed by atoms with Crippen molar-refractivity contribution < 1.29 is 9.53 Å². The van der Waals surface area contributed by atoms with E-state index in [1.54, 1.807) is 0 Å². The van der Waals surface area contributed by atoms with Crippen LogP contribution in [0.1, 0.15) is 48.0 Å². The van der Waals surface area contributed by atoms with Gasteiger partial charge in [-0.05, 0) is 19.8 Å². The predicted octanol–water partition coefficient (Wildman–Crippen LogP) is 2.35. The lowest BCUT2D eigenvalue weighted by molar-refractivity contribution is -0.151. The molecule has 0 aliphatic rings. The van der Waals surface area contributed by atoms with Crippen LogP contribution in [0.25, 0.3) is 0 Å². The number of hydrogen-bond donors (Lipinski definition) is 1. The second-order valence-corrected chi connectivity index (χ2v) is 4.67. The van der Waals surface area contributed by atoms with Crippen LogP contribution in [0, 0.1) is 5.92 Å². The van der Waals surface area contributed by atoms with Crippen molar-refractivity contribution >= 4 is 5.97 Å². The molecule has 0 amide bonds. The molecule has 0 aliphatic carbocycles. The highest BCUT2D eigenvalue weighted by molar-refractivity contribution is 5.76. The Morgan fingerprint density at radius 1 is 1.20 bits per heavy atom. The van der Waals surface area contributed by atoms with E-state index in [1.165, 1.54) is 0 Å². The van der Waals surface area contributed by atoms with Crippen molar-refractivity contribution in [2.24, 2.45) is 5.92 Å². The van der Waals surface area contributed by atoms with Crippen LogP contribution in [-0.2, 0) is 9.53 Å². The lowest BCUT2D eigenvalue weighted by atomic mass is 9.98. The van der Waals surface area contributed by atoms with E-state index in [2.05, 4.69) is 19.2 Å². The van der Waals surface area contributed by atoms with Crippen LogP contribution in [0.2, 0.25) is 0 Å². The molecule has 2 atom stereocenters. The summed E-state index contributed by atoms with van der Waals surface area (Å²) in [4.78, 5) is 11.8. The van der Waals surface area contributed by atoms with Gasteiger partial charge in [-0.2, -0.15) is 0 Å². The fourth-order valence-corrected chi connectivity index (χ4v) is 1.37. The molecule has 0 saturated heterocycles. The van der Waals surface area contributed by atoms with Gasteiger partial charge in [0.1, 0.15) is 6.04 Å². The molecule has 0 bridgehead atoms. The average molecular weight is 215 g/mol. The summed E-state index contributed by atoms with van der Waals surface area (Å²) in [6, 6.07) is 0.112. The van der Waals surface area contributed by atoms with E-state index < -0.39 is 0 Å². The summed E-state index contributed by atoms with van der Waals surface area (Å²) in [6.45, 7) is 12.0. The van der Waals surface area contributed by atoms with Crippen molar-refractivity contribution in [1.82, 2.24) is 5.32 Å². The normalized spacial score (nSPS) is 15.5. The number of esters is 1. The Hall–Kier alpha value is -0.570. The van der Waals surface area contributed by atoms with Crippen LogP contribution in [0.4, 0.5) is 0 Å². The topological polar surface area (TPSA) is 38.3 Å². The summed E-state index contributed by atoms with van der Waals surface area (Å²) in [5, 5.41) is 3.26. The number of nitrogens with one attached hydrogen (secondary N) is 1. The van der Waals surface area contributed by atoms with Crippen molar-refractivity contribution in [1.29, 1.82) is 0 Å². The lowest BCUT2D eigenvalue weighted by Crippen LogP contribution is -2.46. The summed E-state index contributed by atoms with van der Waals surface area (Å²) in [7, 11) is 0. The molecule has 0 rings (SSSR count). The van der Waals surface area contributed by atoms with E-state index in [4.69, 9.17) is 4.74 Å². The Morgan fingerprint density at radius 3 is 2.07 bits per heavy atom. The van der Waals surface area contributed by atoms with E-state index in [1.807, 2.05) is 27.7 Å². The highest BCUT2D eigenvalue weighted by Gasteiger charge is 2.26. The van der Waals surface area contributed by atoms with Crippen molar-refractivity contribution in [2.45, 2.75) is 66.2 Å². The highest BCUT2D eigenvalue weighted by atomic mass is 16.5. The predicted molar refractivity (Wildman–Crippen MR) is 62.7 cm³/mol. The minimum atomic E-state index is -0.183. The molecule has 15 heavy (non-hydrogen) atoms. The standard InChI is InChI=1S/C12H25NO2/c1-7-10(6)11(13-8(2)3)12(14)15-9(4)5/h8-11,13H,7H2,1-6H3. The maximum absolute atomic E-state index is 11.8. The highest BCUT2D eigenvalue weighted by Crippen LogP contribution is 2.11. The van der Waals surface area contributed by atoms with Crippen LogP contribution in [0.3, 0.4) is 0 Å². The molecule has 0 aromatic carbocycles. The summed E-state index contributed by atoms with van der Waals surface area (Å²) in [5.41, 5.74) is 0. The Labute approximate surface area is 93.6 Å². The van der Waals surface area contributed by atoms with Gasteiger partial charge >= 0.3 is 5.97 Å². The van der Waals surface area contributed by atoms with Gasteiger partial charge in [0.15, 0.2) is 0 Å². The largest absolute Gasteiger partial charge is 0.462 e. The summed E-state index contributed by atoms with van der Waals surface area (Å²) in [5.74, 6) is 0.173. The third kappa shape index (κ3) is 5.78. The van der Waals surface area contributed by atoms with Crippen LogP contribution < -0.4 is 5.32 Å². The zero-order valence-electron chi connectivity index (χ0n) is 10.8. The average Bonchev–Trinajstić information content (AvgIpc) is 2.11. The molecular weight excluding hydrogens is 190 g/mol. The first kappa shape index (κ1) is 14.4. The number of rotatable bonds is 6. The third-order valence-corrected chi connectivity index (χ3v) is 2.33. The van der Waals surface area contributed by atoms with E-state index in [-0.39, 0.29) is 18.1 Å². The fourth-order valence-electron chi connectivity index (χ4n) is 1.37. The van der Waals surface area contributed by atoms with E-state index in [0.717, 1.165) is 6.42 Å². The van der Waals surface area contributed by atoms with Gasteiger partial charge in [-0.1, -0.05) is 34.1 Å². The first-order valence-corrected chi connectivity index (χ1v) is 5.85. The van der Waals surface area contributed by atoms with E-state index in [0.29, 0.717) is 12.0 Å². The number of carbonyl (C=O) groups is 1. The maximum Gasteiger partial charge on any atom is 0.323 e. The molecule has 0 fully saturated rings. The molecule has 0 aromatic rings. The summed E-state index contributed by atoms with van der Waals surface area (Å²) in [6.07, 6.45) is 0.926. The minimum Gasteiger partial charge on any atom is -0.462 e. The molecule has 2 unspecified atom stereocenters. The first-order valence-electron chi connectivity index (χ1n) is 5.85. The van der Waals surface area contributed by atoms with Gasteiger partial charge in [0, 0.05) is 6.04 Å². The molecule has 90 valence electrons. The Balaban J connectivity index is 4.40. The zero-order chi connectivity index (χ0) is 12.0. The molecule has 3 nitrogen and oxygen atoms in total. The molecule has 0 radical (unpaired) electrons. The van der Waals surface area contributed by atoms with Crippen molar-refractivity contribution in [3.63, 3.8) is 0 Å². The van der Waals surface area contributed by atoms with Crippen molar-refractivity contribution in [3.05, 3.63) is 0 Å². The Morgan fingerprint density at radius 2 is 1.73 bits per heavy atom. The van der Waals surface area contributed by atoms with Gasteiger partial charge in [-0.15, -0.1) is 0 Å². The van der Waals surface area contributed by atoms with E-state index >= 15 is 0 Å². The molecule has 1 N–H and O–H groups in total. The van der Waals surface area contributed by atoms with Gasteiger partial charge in [0.2, 0.25) is 0 Å². The number of carbonyl (C=O) groups excluding carboxylic acids is 1. The van der Waals surface area contributed by atoms with Crippen LogP contribution in [0.15, 0.2) is 0 Å². The SMILES string of the molecule is CCC(C)C(NC(C)C)C(=O)OC(C)C. The second kappa shape index (κ2) is 6.83. The molecular formula is C12H25NO2. The quantitative estimate of drug-likeness (QED) is 0.691. The molecule has 0 aliphatic heterocycles.